The molecule has 0 spiro atoms. The van der Waals surface area contributed by atoms with E-state index >= 15 is 0 Å². The van der Waals surface area contributed by atoms with Gasteiger partial charge >= 0.3 is 0 Å². The van der Waals surface area contributed by atoms with E-state index in [2.05, 4.69) is 15.7 Å². The minimum atomic E-state index is -0.0423. The van der Waals surface area contributed by atoms with Crippen LogP contribution in [0, 0.1) is 5.92 Å². The van der Waals surface area contributed by atoms with Gasteiger partial charge in [0, 0.05) is 24.1 Å². The van der Waals surface area contributed by atoms with Crippen LogP contribution in [-0.4, -0.2) is 22.2 Å². The molecule has 4 rings (SSSR count). The van der Waals surface area contributed by atoms with Crippen LogP contribution in [0.3, 0.4) is 0 Å². The van der Waals surface area contributed by atoms with Crippen molar-refractivity contribution >= 4 is 17.3 Å². The monoisotopic (exact) mass is 374 g/mol. The van der Waals surface area contributed by atoms with Gasteiger partial charge < -0.3 is 10.6 Å². The van der Waals surface area contributed by atoms with Crippen molar-refractivity contribution in [2.24, 2.45) is 5.92 Å². The zero-order chi connectivity index (χ0) is 19.2. The molecule has 0 saturated heterocycles. The van der Waals surface area contributed by atoms with E-state index in [0.717, 1.165) is 35.1 Å². The van der Waals surface area contributed by atoms with Gasteiger partial charge in [-0.1, -0.05) is 31.0 Å². The highest BCUT2D eigenvalue weighted by atomic mass is 16.1. The second-order valence-electron chi connectivity index (χ2n) is 7.46. The molecule has 28 heavy (non-hydrogen) atoms. The summed E-state index contributed by atoms with van der Waals surface area (Å²) in [5.41, 5.74) is 3.78. The number of amides is 1. The Bertz CT molecular complexity index is 896. The van der Waals surface area contributed by atoms with Gasteiger partial charge in [-0.3, -0.25) is 4.79 Å². The zero-order valence-electron chi connectivity index (χ0n) is 16.0. The van der Waals surface area contributed by atoms with Gasteiger partial charge in [-0.05, 0) is 60.7 Å². The van der Waals surface area contributed by atoms with Gasteiger partial charge in [-0.25, -0.2) is 4.68 Å². The van der Waals surface area contributed by atoms with Gasteiger partial charge in [-0.2, -0.15) is 5.10 Å². The van der Waals surface area contributed by atoms with E-state index < -0.39 is 0 Å². The van der Waals surface area contributed by atoms with Crippen molar-refractivity contribution in [2.75, 3.05) is 17.2 Å². The minimum Gasteiger partial charge on any atom is -0.385 e. The molecule has 1 heterocycles. The molecule has 5 heteroatoms. The summed E-state index contributed by atoms with van der Waals surface area (Å²) in [7, 11) is 0. The summed E-state index contributed by atoms with van der Waals surface area (Å²) in [6, 6.07) is 17.8. The number of carbonyl (C=O) groups excluding carboxylic acids is 1. The van der Waals surface area contributed by atoms with Gasteiger partial charge in [0.15, 0.2) is 0 Å². The first-order valence-electron chi connectivity index (χ1n) is 9.99. The van der Waals surface area contributed by atoms with Crippen molar-refractivity contribution in [3.8, 4) is 5.69 Å². The van der Waals surface area contributed by atoms with Crippen molar-refractivity contribution in [1.82, 2.24) is 9.78 Å². The van der Waals surface area contributed by atoms with Gasteiger partial charge in [0.05, 0.1) is 18.3 Å². The van der Waals surface area contributed by atoms with E-state index in [4.69, 9.17) is 0 Å². The van der Waals surface area contributed by atoms with Crippen molar-refractivity contribution in [3.63, 3.8) is 0 Å². The van der Waals surface area contributed by atoms with Crippen LogP contribution in [0.2, 0.25) is 0 Å². The number of rotatable bonds is 7. The summed E-state index contributed by atoms with van der Waals surface area (Å²) in [4.78, 5) is 12.3. The second kappa shape index (κ2) is 8.74. The van der Waals surface area contributed by atoms with E-state index in [9.17, 15) is 4.79 Å². The molecule has 0 radical (unpaired) electrons. The first-order chi connectivity index (χ1) is 13.8. The summed E-state index contributed by atoms with van der Waals surface area (Å²) in [5, 5.41) is 10.8. The molecule has 0 unspecified atom stereocenters. The second-order valence-corrected chi connectivity index (χ2v) is 7.46. The molecule has 1 aromatic heterocycles. The van der Waals surface area contributed by atoms with E-state index in [-0.39, 0.29) is 5.91 Å². The van der Waals surface area contributed by atoms with Gasteiger partial charge in [0.2, 0.25) is 5.91 Å². The number of carbonyl (C=O) groups is 1. The number of nitrogens with zero attached hydrogens (tertiary/aromatic N) is 2. The Hall–Kier alpha value is -3.08. The molecule has 0 aliphatic heterocycles. The van der Waals surface area contributed by atoms with Crippen LogP contribution < -0.4 is 10.6 Å². The van der Waals surface area contributed by atoms with Crippen LogP contribution >= 0.6 is 0 Å². The molecule has 0 atom stereocenters. The van der Waals surface area contributed by atoms with Crippen LogP contribution in [0.25, 0.3) is 5.69 Å². The summed E-state index contributed by atoms with van der Waals surface area (Å²) < 4.78 is 1.79. The Morgan fingerprint density at radius 1 is 1.00 bits per heavy atom. The van der Waals surface area contributed by atoms with Crippen LogP contribution in [0.4, 0.5) is 11.4 Å². The smallest absolute Gasteiger partial charge is 0.228 e. The highest BCUT2D eigenvalue weighted by molar-refractivity contribution is 5.92. The maximum absolute atomic E-state index is 12.3. The molecule has 0 bridgehead atoms. The number of aromatic nitrogens is 2. The number of para-hydroxylation sites is 1. The molecule has 144 valence electrons. The maximum Gasteiger partial charge on any atom is 0.228 e. The molecule has 2 N–H and O–H groups in total. The van der Waals surface area contributed by atoms with E-state index in [1.165, 1.54) is 25.7 Å². The largest absolute Gasteiger partial charge is 0.385 e. The molecule has 2 aromatic carbocycles. The highest BCUT2D eigenvalue weighted by Crippen LogP contribution is 2.25. The lowest BCUT2D eigenvalue weighted by Gasteiger charge is -2.12. The molecule has 1 aliphatic rings. The van der Waals surface area contributed by atoms with Crippen LogP contribution in [0.15, 0.2) is 67.0 Å². The van der Waals surface area contributed by atoms with Crippen molar-refractivity contribution in [3.05, 3.63) is 72.6 Å². The fourth-order valence-electron chi connectivity index (χ4n) is 3.71. The third kappa shape index (κ3) is 4.80. The standard InChI is InChI=1S/C23H26N4O/c28-23(14-19-16-25-27(17-19)22-8-2-1-3-9-22)26-21-12-10-20(11-13-21)24-15-18-6-4-5-7-18/h1-3,8-13,16-18,24H,4-7,14-15H2,(H,26,28). The molecule has 1 aliphatic carbocycles. The summed E-state index contributed by atoms with van der Waals surface area (Å²) >= 11 is 0. The molecule has 1 fully saturated rings. The quantitative estimate of drug-likeness (QED) is 0.632. The lowest BCUT2D eigenvalue weighted by atomic mass is 10.1. The zero-order valence-corrected chi connectivity index (χ0v) is 16.0. The van der Waals surface area contributed by atoms with Crippen molar-refractivity contribution < 1.29 is 4.79 Å². The fourth-order valence-corrected chi connectivity index (χ4v) is 3.71. The highest BCUT2D eigenvalue weighted by Gasteiger charge is 2.14. The maximum atomic E-state index is 12.3. The molecule has 1 amide bonds. The molecule has 1 saturated carbocycles. The number of hydrogen-bond donors (Lipinski definition) is 2. The van der Waals surface area contributed by atoms with Crippen LogP contribution in [0.1, 0.15) is 31.2 Å². The number of benzene rings is 2. The number of nitrogens with one attached hydrogen (secondary N) is 2. The average Bonchev–Trinajstić information content (AvgIpc) is 3.40. The minimum absolute atomic E-state index is 0.0423. The summed E-state index contributed by atoms with van der Waals surface area (Å²) in [6.45, 7) is 1.04. The van der Waals surface area contributed by atoms with Crippen LogP contribution in [-0.2, 0) is 11.2 Å². The third-order valence-electron chi connectivity index (χ3n) is 5.26. The summed E-state index contributed by atoms with van der Waals surface area (Å²) in [5.74, 6) is 0.760. The Balaban J connectivity index is 1.28. The van der Waals surface area contributed by atoms with E-state index in [0.29, 0.717) is 6.42 Å². The Morgan fingerprint density at radius 2 is 1.71 bits per heavy atom. The predicted octanol–water partition coefficient (Wildman–Crippen LogP) is 4.66. The lowest BCUT2D eigenvalue weighted by molar-refractivity contribution is -0.115. The first kappa shape index (κ1) is 18.3. The number of anilines is 2. The molecule has 5 nitrogen and oxygen atoms in total. The van der Waals surface area contributed by atoms with Crippen molar-refractivity contribution in [1.29, 1.82) is 0 Å². The fraction of sp³-hybridized carbons (Fsp3) is 0.304. The predicted molar refractivity (Wildman–Crippen MR) is 113 cm³/mol. The SMILES string of the molecule is O=C(Cc1cnn(-c2ccccc2)c1)Nc1ccc(NCC2CCCC2)cc1. The Morgan fingerprint density at radius 3 is 2.46 bits per heavy atom. The van der Waals surface area contributed by atoms with Gasteiger partial charge in [0.1, 0.15) is 0 Å². The van der Waals surface area contributed by atoms with Crippen molar-refractivity contribution in [2.45, 2.75) is 32.1 Å². The third-order valence-corrected chi connectivity index (χ3v) is 5.26. The van der Waals surface area contributed by atoms with Gasteiger partial charge in [0.25, 0.3) is 0 Å². The van der Waals surface area contributed by atoms with E-state index in [1.54, 1.807) is 10.9 Å². The lowest BCUT2D eigenvalue weighted by Crippen LogP contribution is -2.14. The van der Waals surface area contributed by atoms with E-state index in [1.807, 2.05) is 60.8 Å². The molecular weight excluding hydrogens is 348 g/mol. The molecule has 3 aromatic rings. The average molecular weight is 374 g/mol. The molecular formula is C23H26N4O. The Labute approximate surface area is 165 Å². The van der Waals surface area contributed by atoms with Gasteiger partial charge in [-0.15, -0.1) is 0 Å². The Kier molecular flexibility index (Phi) is 5.71. The normalized spacial score (nSPS) is 14.1. The first-order valence-corrected chi connectivity index (χ1v) is 9.99. The topological polar surface area (TPSA) is 59.0 Å². The van der Waals surface area contributed by atoms with Crippen LogP contribution in [0.5, 0.6) is 0 Å². The summed E-state index contributed by atoms with van der Waals surface area (Å²) in [6.07, 6.45) is 9.33. The number of hydrogen-bond acceptors (Lipinski definition) is 3.